The van der Waals surface area contributed by atoms with Crippen molar-refractivity contribution in [3.05, 3.63) is 174 Å². The Morgan fingerprint density at radius 1 is 0.569 bits per heavy atom. The van der Waals surface area contributed by atoms with Crippen molar-refractivity contribution in [2.24, 2.45) is 0 Å². The molecule has 0 aliphatic heterocycles. The Hall–Kier alpha value is -6.97. The zero-order valence-corrected chi connectivity index (χ0v) is 27.4. The topological polar surface area (TPSA) is 88.5 Å². The van der Waals surface area contributed by atoms with Crippen LogP contribution < -0.4 is 0 Å². The van der Waals surface area contributed by atoms with Gasteiger partial charge in [0.25, 0.3) is 0 Å². The molecule has 240 valence electrons. The average Bonchev–Trinajstić information content (AvgIpc) is 3.66. The number of hydrogen-bond donors (Lipinski definition) is 0. The van der Waals surface area contributed by atoms with E-state index in [1.165, 1.54) is 0 Å². The van der Waals surface area contributed by atoms with E-state index in [1.54, 1.807) is 0 Å². The zero-order valence-electron chi connectivity index (χ0n) is 27.4. The molecule has 6 aromatic carbocycles. The number of benzene rings is 6. The molecule has 0 bridgehead atoms. The summed E-state index contributed by atoms with van der Waals surface area (Å²) in [6.07, 6.45) is 4.63. The van der Waals surface area contributed by atoms with Gasteiger partial charge < -0.3 is 4.42 Å². The fourth-order valence-electron chi connectivity index (χ4n) is 6.87. The standard InChI is InChI=1S/C45H29N5O/c46-28-35-23-22-33(36-19-9-10-21-38(36)45-47-40-25-24-29-12-7-8-20-37(29)41(40)51-45)27-39(35)32-17-11-18-34(26-32)44-49-42(30-13-3-1-4-14-30)48-43(50-44)31-15-5-2-6-16-31/h1-26,39H,27H2. The van der Waals surface area contributed by atoms with Gasteiger partial charge in [0.05, 0.1) is 6.07 Å². The molecule has 0 saturated heterocycles. The maximum Gasteiger partial charge on any atom is 0.227 e. The Morgan fingerprint density at radius 2 is 1.20 bits per heavy atom. The van der Waals surface area contributed by atoms with Crippen LogP contribution >= 0.6 is 0 Å². The molecule has 6 heteroatoms. The maximum absolute atomic E-state index is 10.3. The molecule has 1 unspecified atom stereocenters. The van der Waals surface area contributed by atoms with Gasteiger partial charge in [-0.3, -0.25) is 0 Å². The second-order valence-electron chi connectivity index (χ2n) is 12.5. The van der Waals surface area contributed by atoms with E-state index < -0.39 is 0 Å². The Balaban J connectivity index is 1.09. The molecule has 2 heterocycles. The SMILES string of the molecule is N#CC1=CC=C(c2ccccc2-c2nc3ccc4ccccc4c3o2)CC1c1cccc(-c2nc(-c3ccccc3)nc(-c3ccccc3)n2)c1. The lowest BCUT2D eigenvalue weighted by atomic mass is 9.79. The number of nitrogens with zero attached hydrogens (tertiary/aromatic N) is 5. The summed E-state index contributed by atoms with van der Waals surface area (Å²) in [5.41, 5.74) is 9.04. The third kappa shape index (κ3) is 5.67. The molecule has 51 heavy (non-hydrogen) atoms. The van der Waals surface area contributed by atoms with Crippen molar-refractivity contribution in [3.63, 3.8) is 0 Å². The van der Waals surface area contributed by atoms with Crippen molar-refractivity contribution in [2.45, 2.75) is 12.3 Å². The number of allylic oxidation sites excluding steroid dienone is 4. The Kier molecular flexibility index (Phi) is 7.56. The highest BCUT2D eigenvalue weighted by molar-refractivity contribution is 6.03. The van der Waals surface area contributed by atoms with E-state index in [2.05, 4.69) is 54.6 Å². The van der Waals surface area contributed by atoms with Crippen molar-refractivity contribution in [1.82, 2.24) is 19.9 Å². The van der Waals surface area contributed by atoms with Gasteiger partial charge in [0.1, 0.15) is 5.52 Å². The monoisotopic (exact) mass is 655 g/mol. The molecule has 0 spiro atoms. The molecule has 6 nitrogen and oxygen atoms in total. The molecule has 0 radical (unpaired) electrons. The predicted octanol–water partition coefficient (Wildman–Crippen LogP) is 10.9. The molecule has 1 aliphatic carbocycles. The second kappa shape index (κ2) is 12.8. The van der Waals surface area contributed by atoms with Crippen LogP contribution in [-0.4, -0.2) is 19.9 Å². The number of hydrogen-bond acceptors (Lipinski definition) is 6. The number of nitriles is 1. The molecular weight excluding hydrogens is 627 g/mol. The maximum atomic E-state index is 10.3. The Bertz CT molecular complexity index is 2630. The minimum atomic E-state index is -0.167. The predicted molar refractivity (Wildman–Crippen MR) is 202 cm³/mol. The van der Waals surface area contributed by atoms with Gasteiger partial charge in [0.15, 0.2) is 23.1 Å². The van der Waals surface area contributed by atoms with Crippen LogP contribution in [0.2, 0.25) is 0 Å². The molecule has 1 aliphatic rings. The van der Waals surface area contributed by atoms with Crippen LogP contribution in [0.3, 0.4) is 0 Å². The molecule has 8 aromatic rings. The highest BCUT2D eigenvalue weighted by Crippen LogP contribution is 2.42. The summed E-state index contributed by atoms with van der Waals surface area (Å²) >= 11 is 0. The van der Waals surface area contributed by atoms with E-state index in [0.717, 1.165) is 60.8 Å². The summed E-state index contributed by atoms with van der Waals surface area (Å²) in [6.45, 7) is 0. The molecule has 0 N–H and O–H groups in total. The number of rotatable bonds is 6. The third-order valence-electron chi connectivity index (χ3n) is 9.42. The van der Waals surface area contributed by atoms with Gasteiger partial charge in [-0.15, -0.1) is 0 Å². The molecule has 0 amide bonds. The fourth-order valence-corrected chi connectivity index (χ4v) is 6.87. The van der Waals surface area contributed by atoms with Crippen molar-refractivity contribution in [2.75, 3.05) is 0 Å². The van der Waals surface area contributed by atoms with Gasteiger partial charge in [0, 0.05) is 39.1 Å². The smallest absolute Gasteiger partial charge is 0.227 e. The summed E-state index contributed by atoms with van der Waals surface area (Å²) in [6, 6.07) is 51.1. The number of oxazole rings is 1. The normalized spacial score (nSPS) is 14.2. The third-order valence-corrected chi connectivity index (χ3v) is 9.42. The van der Waals surface area contributed by atoms with Gasteiger partial charge in [0.2, 0.25) is 5.89 Å². The number of fused-ring (bicyclic) bond motifs is 3. The van der Waals surface area contributed by atoms with E-state index in [4.69, 9.17) is 24.4 Å². The summed E-state index contributed by atoms with van der Waals surface area (Å²) in [4.78, 5) is 19.6. The van der Waals surface area contributed by atoms with Crippen LogP contribution in [0.4, 0.5) is 0 Å². The van der Waals surface area contributed by atoms with Crippen LogP contribution in [0, 0.1) is 11.3 Å². The molecule has 1 atom stereocenters. The van der Waals surface area contributed by atoms with Crippen molar-refractivity contribution < 1.29 is 4.42 Å². The van der Waals surface area contributed by atoms with Crippen LogP contribution in [0.25, 0.3) is 73.1 Å². The largest absolute Gasteiger partial charge is 0.435 e. The highest BCUT2D eigenvalue weighted by Gasteiger charge is 2.25. The molecular formula is C45H29N5O. The minimum Gasteiger partial charge on any atom is -0.435 e. The van der Waals surface area contributed by atoms with Crippen molar-refractivity contribution in [1.29, 1.82) is 5.26 Å². The first-order chi connectivity index (χ1) is 25.2. The van der Waals surface area contributed by atoms with Crippen LogP contribution in [0.1, 0.15) is 23.5 Å². The Labute approximate surface area is 294 Å². The van der Waals surface area contributed by atoms with E-state index in [9.17, 15) is 5.26 Å². The zero-order chi connectivity index (χ0) is 34.1. The summed E-state index contributed by atoms with van der Waals surface area (Å²) in [7, 11) is 0. The van der Waals surface area contributed by atoms with Gasteiger partial charge >= 0.3 is 0 Å². The van der Waals surface area contributed by atoms with Gasteiger partial charge in [-0.2, -0.15) is 5.26 Å². The van der Waals surface area contributed by atoms with Crippen LogP contribution in [0.5, 0.6) is 0 Å². The molecule has 2 aromatic heterocycles. The fraction of sp³-hybridized carbons (Fsp3) is 0.0444. The van der Waals surface area contributed by atoms with Crippen molar-refractivity contribution in [3.8, 4) is 51.7 Å². The molecule has 0 saturated carbocycles. The minimum absolute atomic E-state index is 0.167. The van der Waals surface area contributed by atoms with Gasteiger partial charge in [-0.25, -0.2) is 19.9 Å². The summed E-state index contributed by atoms with van der Waals surface area (Å²) in [5.74, 6) is 2.19. The second-order valence-corrected chi connectivity index (χ2v) is 12.5. The van der Waals surface area contributed by atoms with E-state index in [0.29, 0.717) is 35.4 Å². The molecule has 9 rings (SSSR count). The van der Waals surface area contributed by atoms with E-state index in [1.807, 2.05) is 109 Å². The summed E-state index contributed by atoms with van der Waals surface area (Å²) in [5, 5.41) is 12.4. The van der Waals surface area contributed by atoms with Crippen LogP contribution in [-0.2, 0) is 0 Å². The quantitative estimate of drug-likeness (QED) is 0.177. The summed E-state index contributed by atoms with van der Waals surface area (Å²) < 4.78 is 6.48. The van der Waals surface area contributed by atoms with E-state index in [-0.39, 0.29) is 5.92 Å². The van der Waals surface area contributed by atoms with Crippen LogP contribution in [0.15, 0.2) is 168 Å². The number of aromatic nitrogens is 4. The van der Waals surface area contributed by atoms with Crippen molar-refractivity contribution >= 4 is 27.4 Å². The first-order valence-corrected chi connectivity index (χ1v) is 16.9. The average molecular weight is 656 g/mol. The van der Waals surface area contributed by atoms with E-state index >= 15 is 0 Å². The first kappa shape index (κ1) is 30.1. The lowest BCUT2D eigenvalue weighted by Crippen LogP contribution is -2.08. The lowest BCUT2D eigenvalue weighted by Gasteiger charge is -2.23. The molecule has 0 fully saturated rings. The lowest BCUT2D eigenvalue weighted by molar-refractivity contribution is 0.622. The first-order valence-electron chi connectivity index (χ1n) is 16.9. The Morgan fingerprint density at radius 3 is 1.92 bits per heavy atom. The highest BCUT2D eigenvalue weighted by atomic mass is 16.3. The van der Waals surface area contributed by atoms with Gasteiger partial charge in [-0.05, 0) is 52.8 Å². The van der Waals surface area contributed by atoms with Gasteiger partial charge in [-0.1, -0.05) is 133 Å².